The number of Topliss-reactive ketones (excluding diaryl/α,β-unsaturated/α-hetero) is 1. The fourth-order valence-corrected chi connectivity index (χ4v) is 4.59. The second kappa shape index (κ2) is 10.5. The van der Waals surface area contributed by atoms with Gasteiger partial charge in [0, 0.05) is 54.9 Å². The van der Waals surface area contributed by atoms with Crippen LogP contribution in [-0.2, 0) is 19.2 Å². The molecule has 174 valence electrons. The molecule has 0 aromatic heterocycles. The first kappa shape index (κ1) is 24.3. The van der Waals surface area contributed by atoms with Crippen LogP contribution in [-0.4, -0.2) is 78.4 Å². The van der Waals surface area contributed by atoms with Gasteiger partial charge >= 0.3 is 0 Å². The average Bonchev–Trinajstić information content (AvgIpc) is 3.02. The molecule has 9 nitrogen and oxygen atoms in total. The third-order valence-electron chi connectivity index (χ3n) is 5.74. The van der Waals surface area contributed by atoms with Gasteiger partial charge in [-0.3, -0.25) is 19.2 Å². The summed E-state index contributed by atoms with van der Waals surface area (Å²) in [5.74, 6) is -1.45. The first-order chi connectivity index (χ1) is 15.2. The number of aliphatic hydroxyl groups is 1. The van der Waals surface area contributed by atoms with Gasteiger partial charge in [0.1, 0.15) is 5.54 Å². The van der Waals surface area contributed by atoms with Crippen molar-refractivity contribution in [1.82, 2.24) is 15.5 Å². The Morgan fingerprint density at radius 3 is 2.31 bits per heavy atom. The number of carbonyl (C=O) groups excluding carboxylic acids is 4. The lowest BCUT2D eigenvalue weighted by Gasteiger charge is -2.37. The van der Waals surface area contributed by atoms with Gasteiger partial charge in [-0.2, -0.15) is 0 Å². The van der Waals surface area contributed by atoms with E-state index in [0.717, 1.165) is 5.69 Å². The van der Waals surface area contributed by atoms with Gasteiger partial charge in [-0.1, -0.05) is 23.2 Å². The number of rotatable bonds is 8. The van der Waals surface area contributed by atoms with Crippen molar-refractivity contribution in [3.63, 3.8) is 0 Å². The second-order valence-electron chi connectivity index (χ2n) is 7.98. The fourth-order valence-electron chi connectivity index (χ4n) is 4.08. The van der Waals surface area contributed by atoms with Crippen molar-refractivity contribution in [3.05, 3.63) is 28.2 Å². The molecular weight excluding hydrogens is 459 g/mol. The predicted molar refractivity (Wildman–Crippen MR) is 120 cm³/mol. The SMILES string of the molecule is O=C(CC1(CCC(=O)N2CCN(c3cc(Cl)cc(Cl)c3)CC2)NC(=O)CC1=O)NCCO. The van der Waals surface area contributed by atoms with Crippen LogP contribution in [0.25, 0.3) is 0 Å². The molecule has 3 amide bonds. The summed E-state index contributed by atoms with van der Waals surface area (Å²) >= 11 is 12.2. The number of aliphatic hydroxyl groups excluding tert-OH is 1. The molecule has 2 heterocycles. The summed E-state index contributed by atoms with van der Waals surface area (Å²) < 4.78 is 0. The molecule has 0 radical (unpaired) electrons. The highest BCUT2D eigenvalue weighted by Crippen LogP contribution is 2.28. The summed E-state index contributed by atoms with van der Waals surface area (Å²) in [7, 11) is 0. The molecule has 0 spiro atoms. The number of carbonyl (C=O) groups is 4. The predicted octanol–water partition coefficient (Wildman–Crippen LogP) is 0.749. The minimum Gasteiger partial charge on any atom is -0.395 e. The Bertz CT molecular complexity index is 884. The Balaban J connectivity index is 1.57. The van der Waals surface area contributed by atoms with Crippen molar-refractivity contribution >= 4 is 52.4 Å². The summed E-state index contributed by atoms with van der Waals surface area (Å²) in [6, 6.07) is 5.31. The minimum absolute atomic E-state index is 0.0301. The van der Waals surface area contributed by atoms with E-state index in [1.54, 1.807) is 11.0 Å². The summed E-state index contributed by atoms with van der Waals surface area (Å²) in [5.41, 5.74) is -0.493. The molecule has 2 saturated heterocycles. The quantitative estimate of drug-likeness (QED) is 0.468. The molecular formula is C21H26Cl2N4O5. The molecule has 1 atom stereocenters. The van der Waals surface area contributed by atoms with Gasteiger partial charge in [-0.25, -0.2) is 0 Å². The Morgan fingerprint density at radius 2 is 1.75 bits per heavy atom. The highest BCUT2D eigenvalue weighted by molar-refractivity contribution is 6.35. The minimum atomic E-state index is -1.38. The molecule has 2 aliphatic rings. The van der Waals surface area contributed by atoms with Crippen LogP contribution in [0.15, 0.2) is 18.2 Å². The van der Waals surface area contributed by atoms with E-state index in [1.807, 2.05) is 12.1 Å². The molecule has 0 aliphatic carbocycles. The van der Waals surface area contributed by atoms with E-state index in [2.05, 4.69) is 15.5 Å². The molecule has 0 saturated carbocycles. The Labute approximate surface area is 196 Å². The van der Waals surface area contributed by atoms with Crippen LogP contribution in [0.2, 0.25) is 10.0 Å². The van der Waals surface area contributed by atoms with Gasteiger partial charge in [0.25, 0.3) is 0 Å². The number of hydrogen-bond donors (Lipinski definition) is 3. The maximum Gasteiger partial charge on any atom is 0.228 e. The van der Waals surface area contributed by atoms with E-state index in [9.17, 15) is 19.2 Å². The molecule has 1 unspecified atom stereocenters. The molecule has 1 aromatic rings. The third-order valence-corrected chi connectivity index (χ3v) is 6.18. The Kier molecular flexibility index (Phi) is 7.97. The van der Waals surface area contributed by atoms with Gasteiger partial charge in [-0.15, -0.1) is 0 Å². The lowest BCUT2D eigenvalue weighted by molar-refractivity contribution is -0.134. The average molecular weight is 485 g/mol. The number of halogens is 2. The summed E-state index contributed by atoms with van der Waals surface area (Å²) in [4.78, 5) is 53.0. The maximum atomic E-state index is 12.8. The highest BCUT2D eigenvalue weighted by atomic mass is 35.5. The van der Waals surface area contributed by atoms with Crippen LogP contribution in [0.5, 0.6) is 0 Å². The fraction of sp³-hybridized carbons (Fsp3) is 0.524. The summed E-state index contributed by atoms with van der Waals surface area (Å²) in [5, 5.41) is 15.0. The standard InChI is InChI=1S/C21H26Cl2N4O5/c22-14-9-15(23)11-16(10-14)26-4-6-27(7-5-26)20(32)1-2-21(13-19(31)24-3-8-28)17(29)12-18(30)25-21/h9-11,28H,1-8,12-13H2,(H,24,31)(H,25,30). The smallest absolute Gasteiger partial charge is 0.228 e. The third kappa shape index (κ3) is 5.90. The molecule has 3 rings (SSSR count). The van der Waals surface area contributed by atoms with Crippen molar-refractivity contribution in [1.29, 1.82) is 0 Å². The number of nitrogens with one attached hydrogen (secondary N) is 2. The van der Waals surface area contributed by atoms with Gasteiger partial charge in [0.05, 0.1) is 19.4 Å². The summed E-state index contributed by atoms with van der Waals surface area (Å²) in [6.07, 6.45) is -0.480. The van der Waals surface area contributed by atoms with Crippen molar-refractivity contribution < 1.29 is 24.3 Å². The zero-order valence-electron chi connectivity index (χ0n) is 17.5. The van der Waals surface area contributed by atoms with Gasteiger partial charge in [-0.05, 0) is 24.6 Å². The molecule has 11 heteroatoms. The first-order valence-electron chi connectivity index (χ1n) is 10.4. The van der Waals surface area contributed by atoms with E-state index in [0.29, 0.717) is 36.2 Å². The van der Waals surface area contributed by atoms with Crippen molar-refractivity contribution in [3.8, 4) is 0 Å². The normalized spacial score (nSPS) is 21.0. The topological polar surface area (TPSA) is 119 Å². The van der Waals surface area contributed by atoms with Crippen LogP contribution >= 0.6 is 23.2 Å². The van der Waals surface area contributed by atoms with Gasteiger partial charge < -0.3 is 25.5 Å². The highest BCUT2D eigenvalue weighted by Gasteiger charge is 2.47. The zero-order valence-corrected chi connectivity index (χ0v) is 19.0. The van der Waals surface area contributed by atoms with Crippen LogP contribution in [0.1, 0.15) is 25.7 Å². The van der Waals surface area contributed by atoms with Crippen molar-refractivity contribution in [2.45, 2.75) is 31.2 Å². The number of ketones is 1. The number of hydrogen-bond acceptors (Lipinski definition) is 6. The van der Waals surface area contributed by atoms with Gasteiger partial charge in [0.2, 0.25) is 17.7 Å². The number of nitrogens with zero attached hydrogens (tertiary/aromatic N) is 2. The number of amides is 3. The van der Waals surface area contributed by atoms with E-state index >= 15 is 0 Å². The number of benzene rings is 1. The zero-order chi connectivity index (χ0) is 23.3. The summed E-state index contributed by atoms with van der Waals surface area (Å²) in [6.45, 7) is 2.02. The molecule has 32 heavy (non-hydrogen) atoms. The molecule has 3 N–H and O–H groups in total. The lowest BCUT2D eigenvalue weighted by Crippen LogP contribution is -2.52. The van der Waals surface area contributed by atoms with Crippen LogP contribution in [0.3, 0.4) is 0 Å². The van der Waals surface area contributed by atoms with E-state index < -0.39 is 23.1 Å². The van der Waals surface area contributed by atoms with E-state index in [4.69, 9.17) is 28.3 Å². The van der Waals surface area contributed by atoms with Crippen molar-refractivity contribution in [2.24, 2.45) is 0 Å². The molecule has 1 aromatic carbocycles. The Morgan fingerprint density at radius 1 is 1.09 bits per heavy atom. The first-order valence-corrected chi connectivity index (χ1v) is 11.2. The molecule has 2 fully saturated rings. The lowest BCUT2D eigenvalue weighted by atomic mass is 9.86. The monoisotopic (exact) mass is 484 g/mol. The van der Waals surface area contributed by atoms with E-state index in [-0.39, 0.29) is 44.7 Å². The second-order valence-corrected chi connectivity index (χ2v) is 8.85. The maximum absolute atomic E-state index is 12.8. The van der Waals surface area contributed by atoms with Crippen LogP contribution < -0.4 is 15.5 Å². The van der Waals surface area contributed by atoms with Crippen LogP contribution in [0, 0.1) is 0 Å². The Hall–Kier alpha value is -2.36. The largest absolute Gasteiger partial charge is 0.395 e. The molecule has 0 bridgehead atoms. The van der Waals surface area contributed by atoms with E-state index in [1.165, 1.54) is 0 Å². The number of piperazine rings is 1. The molecule has 2 aliphatic heterocycles. The van der Waals surface area contributed by atoms with Crippen LogP contribution in [0.4, 0.5) is 5.69 Å². The van der Waals surface area contributed by atoms with Gasteiger partial charge in [0.15, 0.2) is 5.78 Å². The van der Waals surface area contributed by atoms with Crippen molar-refractivity contribution in [2.75, 3.05) is 44.2 Å². The number of anilines is 1.